The summed E-state index contributed by atoms with van der Waals surface area (Å²) in [5, 5.41) is 7.57. The van der Waals surface area contributed by atoms with Gasteiger partial charge in [-0.15, -0.1) is 24.0 Å². The number of methoxy groups -OCH3 is 2. The lowest BCUT2D eigenvalue weighted by atomic mass is 10.2. The zero-order valence-electron chi connectivity index (χ0n) is 16.8. The molecule has 30 heavy (non-hydrogen) atoms. The van der Waals surface area contributed by atoms with Gasteiger partial charge in [0.2, 0.25) is 0 Å². The van der Waals surface area contributed by atoms with Crippen molar-refractivity contribution >= 4 is 29.9 Å². The maximum atomic E-state index is 13.0. The number of nitrogens with one attached hydrogen (secondary N) is 1. The molecule has 2 aromatic carbocycles. The maximum absolute atomic E-state index is 13.0. The average molecular weight is 525 g/mol. The number of halogens is 2. The quantitative estimate of drug-likeness (QED) is 0.268. The number of nitrogens with two attached hydrogens (primary N) is 1. The number of nitrogens with zero attached hydrogens (tertiary/aromatic N) is 3. The summed E-state index contributed by atoms with van der Waals surface area (Å²) in [6.07, 6.45) is 2.53. The smallest absolute Gasteiger partial charge is 0.188 e. The van der Waals surface area contributed by atoms with Gasteiger partial charge in [-0.05, 0) is 48.0 Å². The molecule has 1 heterocycles. The molecule has 0 atom stereocenters. The molecule has 7 nitrogen and oxygen atoms in total. The first-order chi connectivity index (χ1) is 14.1. The first-order valence-electron chi connectivity index (χ1n) is 9.14. The van der Waals surface area contributed by atoms with Crippen LogP contribution in [-0.4, -0.2) is 36.5 Å². The molecule has 3 rings (SSSR count). The number of benzene rings is 2. The van der Waals surface area contributed by atoms with Crippen LogP contribution in [0.25, 0.3) is 5.69 Å². The van der Waals surface area contributed by atoms with Gasteiger partial charge in [-0.2, -0.15) is 5.10 Å². The van der Waals surface area contributed by atoms with Crippen molar-refractivity contribution in [1.29, 1.82) is 0 Å². The average Bonchev–Trinajstić information content (AvgIpc) is 3.21. The molecule has 0 radical (unpaired) electrons. The molecule has 0 aliphatic rings. The highest BCUT2D eigenvalue weighted by Gasteiger charge is 2.05. The third kappa shape index (κ3) is 6.34. The van der Waals surface area contributed by atoms with Crippen molar-refractivity contribution in [3.8, 4) is 17.2 Å². The number of rotatable bonds is 8. The van der Waals surface area contributed by atoms with E-state index in [-0.39, 0.29) is 29.8 Å². The molecular weight excluding hydrogens is 500 g/mol. The molecule has 0 saturated heterocycles. The molecule has 0 bridgehead atoms. The van der Waals surface area contributed by atoms with Crippen molar-refractivity contribution in [3.63, 3.8) is 0 Å². The van der Waals surface area contributed by atoms with E-state index < -0.39 is 0 Å². The number of hydrogen-bond donors (Lipinski definition) is 2. The number of guanidine groups is 1. The minimum atomic E-state index is -0.270. The zero-order chi connectivity index (χ0) is 20.6. The fraction of sp³-hybridized carbons (Fsp3) is 0.238. The Morgan fingerprint density at radius 1 is 1.10 bits per heavy atom. The van der Waals surface area contributed by atoms with Gasteiger partial charge in [0.05, 0.1) is 32.1 Å². The first kappa shape index (κ1) is 23.5. The Labute approximate surface area is 192 Å². The van der Waals surface area contributed by atoms with Crippen LogP contribution in [0.5, 0.6) is 11.5 Å². The summed E-state index contributed by atoms with van der Waals surface area (Å²) in [5.74, 6) is 1.42. The van der Waals surface area contributed by atoms with Crippen molar-refractivity contribution in [2.45, 2.75) is 13.0 Å². The molecule has 0 spiro atoms. The van der Waals surface area contributed by atoms with Crippen LogP contribution in [0.3, 0.4) is 0 Å². The minimum absolute atomic E-state index is 0. The van der Waals surface area contributed by atoms with Gasteiger partial charge in [0.1, 0.15) is 5.82 Å². The summed E-state index contributed by atoms with van der Waals surface area (Å²) in [6.45, 7) is 1.03. The number of hydrogen-bond acceptors (Lipinski definition) is 4. The highest BCUT2D eigenvalue weighted by atomic mass is 127. The van der Waals surface area contributed by atoms with Gasteiger partial charge in [-0.1, -0.05) is 6.07 Å². The third-order valence-electron chi connectivity index (χ3n) is 4.30. The summed E-state index contributed by atoms with van der Waals surface area (Å²) in [7, 11) is 3.19. The van der Waals surface area contributed by atoms with E-state index in [2.05, 4.69) is 15.4 Å². The van der Waals surface area contributed by atoms with E-state index in [0.29, 0.717) is 37.0 Å². The van der Waals surface area contributed by atoms with E-state index in [1.165, 1.54) is 12.1 Å². The second kappa shape index (κ2) is 11.4. The molecule has 0 fully saturated rings. The highest BCUT2D eigenvalue weighted by molar-refractivity contribution is 14.0. The molecular formula is C21H25FIN5O2. The Morgan fingerprint density at radius 3 is 2.53 bits per heavy atom. The Balaban J connectivity index is 0.00000320. The Morgan fingerprint density at radius 2 is 1.83 bits per heavy atom. The fourth-order valence-corrected chi connectivity index (χ4v) is 2.76. The van der Waals surface area contributed by atoms with Crippen molar-refractivity contribution in [1.82, 2.24) is 15.1 Å². The van der Waals surface area contributed by atoms with Gasteiger partial charge in [-0.25, -0.2) is 14.1 Å². The monoisotopic (exact) mass is 525 g/mol. The van der Waals surface area contributed by atoms with Gasteiger partial charge in [0.25, 0.3) is 0 Å². The largest absolute Gasteiger partial charge is 0.493 e. The second-order valence-corrected chi connectivity index (χ2v) is 6.30. The lowest BCUT2D eigenvalue weighted by Gasteiger charge is -2.09. The Bertz CT molecular complexity index is 976. The summed E-state index contributed by atoms with van der Waals surface area (Å²) in [4.78, 5) is 4.34. The Kier molecular flexibility index (Phi) is 8.90. The number of aromatic nitrogens is 2. The fourth-order valence-electron chi connectivity index (χ4n) is 2.76. The molecule has 9 heteroatoms. The van der Waals surface area contributed by atoms with Gasteiger partial charge in [0, 0.05) is 19.2 Å². The van der Waals surface area contributed by atoms with E-state index in [1.54, 1.807) is 31.0 Å². The van der Waals surface area contributed by atoms with Crippen LogP contribution in [-0.2, 0) is 13.0 Å². The number of aliphatic imine (C=N–C) groups is 1. The third-order valence-corrected chi connectivity index (χ3v) is 4.30. The maximum Gasteiger partial charge on any atom is 0.188 e. The topological polar surface area (TPSA) is 86.7 Å². The van der Waals surface area contributed by atoms with Crippen molar-refractivity contribution in [2.75, 3.05) is 20.8 Å². The van der Waals surface area contributed by atoms with E-state index in [1.807, 2.05) is 30.5 Å². The summed E-state index contributed by atoms with van der Waals surface area (Å²) >= 11 is 0. The van der Waals surface area contributed by atoms with Crippen LogP contribution >= 0.6 is 24.0 Å². The van der Waals surface area contributed by atoms with Crippen molar-refractivity contribution in [3.05, 3.63) is 71.8 Å². The van der Waals surface area contributed by atoms with Crippen LogP contribution in [0, 0.1) is 5.82 Å². The normalized spacial score (nSPS) is 11.0. The van der Waals surface area contributed by atoms with E-state index in [9.17, 15) is 4.39 Å². The van der Waals surface area contributed by atoms with Gasteiger partial charge in [0.15, 0.2) is 17.5 Å². The second-order valence-electron chi connectivity index (χ2n) is 6.30. The predicted octanol–water partition coefficient (Wildman–Crippen LogP) is 3.29. The predicted molar refractivity (Wildman–Crippen MR) is 126 cm³/mol. The van der Waals surface area contributed by atoms with Crippen LogP contribution in [0.1, 0.15) is 11.3 Å². The molecule has 3 aromatic rings. The van der Waals surface area contributed by atoms with Crippen molar-refractivity contribution < 1.29 is 13.9 Å². The molecule has 3 N–H and O–H groups in total. The summed E-state index contributed by atoms with van der Waals surface area (Å²) < 4.78 is 25.2. The lowest BCUT2D eigenvalue weighted by molar-refractivity contribution is 0.354. The standard InChI is InChI=1S/C21H24FN5O2.HI/c1-28-19-8-3-15(13-20(19)29-2)14-25-21(23)24-11-9-17-10-12-27(26-17)18-6-4-16(22)5-7-18;/h3-8,10,12-13H,9,11,14H2,1-2H3,(H3,23,24,25);1H. The molecule has 0 unspecified atom stereocenters. The van der Waals surface area contributed by atoms with E-state index >= 15 is 0 Å². The SMILES string of the molecule is COc1ccc(CN=C(N)NCCc2ccn(-c3ccc(F)cc3)n2)cc1OC.I. The molecule has 0 aliphatic heterocycles. The van der Waals surface area contributed by atoms with E-state index in [4.69, 9.17) is 15.2 Å². The van der Waals surface area contributed by atoms with Crippen LogP contribution in [0.15, 0.2) is 59.7 Å². The Hall–Kier alpha value is -2.82. The van der Waals surface area contributed by atoms with Gasteiger partial charge < -0.3 is 20.5 Å². The molecule has 0 amide bonds. The molecule has 0 saturated carbocycles. The van der Waals surface area contributed by atoms with Crippen LogP contribution < -0.4 is 20.5 Å². The van der Waals surface area contributed by atoms with Crippen molar-refractivity contribution in [2.24, 2.45) is 10.7 Å². The summed E-state index contributed by atoms with van der Waals surface area (Å²) in [5.41, 5.74) is 8.61. The molecule has 1 aromatic heterocycles. The molecule has 160 valence electrons. The minimum Gasteiger partial charge on any atom is -0.493 e. The summed E-state index contributed by atoms with van der Waals surface area (Å²) in [6, 6.07) is 13.7. The van der Waals surface area contributed by atoms with Crippen LogP contribution in [0.2, 0.25) is 0 Å². The molecule has 0 aliphatic carbocycles. The lowest BCUT2D eigenvalue weighted by Crippen LogP contribution is -2.33. The van der Waals surface area contributed by atoms with Crippen LogP contribution in [0.4, 0.5) is 4.39 Å². The van der Waals surface area contributed by atoms with E-state index in [0.717, 1.165) is 16.9 Å². The zero-order valence-corrected chi connectivity index (χ0v) is 19.2. The highest BCUT2D eigenvalue weighted by Crippen LogP contribution is 2.27. The van der Waals surface area contributed by atoms with Gasteiger partial charge in [-0.3, -0.25) is 0 Å². The van der Waals surface area contributed by atoms with Gasteiger partial charge >= 0.3 is 0 Å². The number of ether oxygens (including phenoxy) is 2. The first-order valence-corrected chi connectivity index (χ1v) is 9.14.